The minimum atomic E-state index is -1.20. The molecule has 1 aliphatic carbocycles. The first-order chi connectivity index (χ1) is 8.58. The van der Waals surface area contributed by atoms with E-state index in [0.717, 1.165) is 0 Å². The van der Waals surface area contributed by atoms with Crippen LogP contribution in [0.5, 0.6) is 0 Å². The highest BCUT2D eigenvalue weighted by Crippen LogP contribution is 2.26. The smallest absolute Gasteiger partial charge is 0.229 e. The van der Waals surface area contributed by atoms with Crippen LogP contribution in [0.1, 0.15) is 18.6 Å². The van der Waals surface area contributed by atoms with Crippen LogP contribution in [0.25, 0.3) is 0 Å². The summed E-state index contributed by atoms with van der Waals surface area (Å²) in [6.45, 7) is 1.70. The molecule has 1 N–H and O–H groups in total. The van der Waals surface area contributed by atoms with Gasteiger partial charge in [0.05, 0.1) is 5.92 Å². The minimum Gasteiger partial charge on any atom is -0.550 e. The fourth-order valence-electron chi connectivity index (χ4n) is 2.01. The second-order valence-electron chi connectivity index (χ2n) is 4.29. The molecular formula is C12H13N2O4-. The molecule has 0 unspecified atom stereocenters. The van der Waals surface area contributed by atoms with Crippen molar-refractivity contribution in [1.82, 2.24) is 5.16 Å². The SMILES string of the molecule is Cc1cc(NC(=O)[C@H]2CC=CC[C@H]2C(=O)[O-])no1. The van der Waals surface area contributed by atoms with Crippen molar-refractivity contribution in [2.45, 2.75) is 19.8 Å². The standard InChI is InChI=1S/C12H14N2O4/c1-7-6-10(14-18-7)13-11(15)8-4-2-3-5-9(8)12(16)17/h2-3,6,8-9H,4-5H2,1H3,(H,16,17)(H,13,14,15)/p-1/t8-,9+/m0/s1. The molecule has 2 rings (SSSR count). The average Bonchev–Trinajstić information content (AvgIpc) is 2.74. The number of hydrogen-bond acceptors (Lipinski definition) is 5. The van der Waals surface area contributed by atoms with Crippen LogP contribution in [0.3, 0.4) is 0 Å². The topological polar surface area (TPSA) is 95.3 Å². The third-order valence-corrected chi connectivity index (χ3v) is 2.95. The minimum absolute atomic E-state index is 0.296. The van der Waals surface area contributed by atoms with Gasteiger partial charge in [-0.05, 0) is 19.8 Å². The molecule has 2 atom stereocenters. The number of rotatable bonds is 3. The van der Waals surface area contributed by atoms with Crippen molar-refractivity contribution in [2.75, 3.05) is 5.32 Å². The number of aliphatic carboxylic acids is 1. The molecule has 1 heterocycles. The number of amides is 1. The zero-order valence-corrected chi connectivity index (χ0v) is 9.88. The molecule has 1 aromatic rings. The summed E-state index contributed by atoms with van der Waals surface area (Å²) < 4.78 is 4.82. The molecule has 0 fully saturated rings. The molecule has 1 aliphatic rings. The molecule has 96 valence electrons. The maximum Gasteiger partial charge on any atom is 0.229 e. The Kier molecular flexibility index (Phi) is 3.45. The summed E-state index contributed by atoms with van der Waals surface area (Å²) in [4.78, 5) is 22.9. The van der Waals surface area contributed by atoms with Gasteiger partial charge in [0.25, 0.3) is 0 Å². The van der Waals surface area contributed by atoms with Crippen LogP contribution < -0.4 is 10.4 Å². The maximum atomic E-state index is 12.0. The van der Waals surface area contributed by atoms with E-state index in [2.05, 4.69) is 10.5 Å². The highest BCUT2D eigenvalue weighted by molar-refractivity contribution is 5.94. The van der Waals surface area contributed by atoms with E-state index in [9.17, 15) is 14.7 Å². The fourth-order valence-corrected chi connectivity index (χ4v) is 2.01. The van der Waals surface area contributed by atoms with Crippen LogP contribution in [0, 0.1) is 18.8 Å². The van der Waals surface area contributed by atoms with Crippen LogP contribution in [-0.4, -0.2) is 17.0 Å². The van der Waals surface area contributed by atoms with Gasteiger partial charge in [-0.3, -0.25) is 4.79 Å². The third-order valence-electron chi connectivity index (χ3n) is 2.95. The van der Waals surface area contributed by atoms with E-state index in [1.165, 1.54) is 0 Å². The van der Waals surface area contributed by atoms with E-state index in [-0.39, 0.29) is 5.91 Å². The molecule has 1 amide bonds. The first kappa shape index (κ1) is 12.3. The van der Waals surface area contributed by atoms with E-state index in [0.29, 0.717) is 24.4 Å². The highest BCUT2D eigenvalue weighted by Gasteiger charge is 2.30. The molecule has 0 saturated heterocycles. The predicted molar refractivity (Wildman–Crippen MR) is 60.2 cm³/mol. The molecule has 6 heteroatoms. The Morgan fingerprint density at radius 2 is 2.06 bits per heavy atom. The zero-order valence-electron chi connectivity index (χ0n) is 9.88. The lowest BCUT2D eigenvalue weighted by molar-refractivity contribution is -0.313. The Morgan fingerprint density at radius 3 is 2.61 bits per heavy atom. The second kappa shape index (κ2) is 5.03. The van der Waals surface area contributed by atoms with Gasteiger partial charge in [-0.15, -0.1) is 0 Å². The van der Waals surface area contributed by atoms with Crippen LogP contribution in [0.2, 0.25) is 0 Å². The lowest BCUT2D eigenvalue weighted by atomic mass is 9.82. The molecule has 6 nitrogen and oxygen atoms in total. The Hall–Kier alpha value is -2.11. The van der Waals surface area contributed by atoms with Gasteiger partial charge in [0.1, 0.15) is 5.76 Å². The third kappa shape index (κ3) is 2.58. The number of carboxylic acid groups (broad SMARTS) is 1. The van der Waals surface area contributed by atoms with Crippen LogP contribution in [-0.2, 0) is 9.59 Å². The molecule has 0 aromatic carbocycles. The van der Waals surface area contributed by atoms with Gasteiger partial charge in [-0.25, -0.2) is 0 Å². The average molecular weight is 249 g/mol. The Morgan fingerprint density at radius 1 is 1.39 bits per heavy atom. The van der Waals surface area contributed by atoms with Gasteiger partial charge in [0, 0.05) is 18.0 Å². The van der Waals surface area contributed by atoms with Crippen molar-refractivity contribution in [1.29, 1.82) is 0 Å². The summed E-state index contributed by atoms with van der Waals surface area (Å²) in [6.07, 6.45) is 4.27. The van der Waals surface area contributed by atoms with E-state index in [1.807, 2.05) is 0 Å². The summed E-state index contributed by atoms with van der Waals surface area (Å²) in [5.41, 5.74) is 0. The van der Waals surface area contributed by atoms with E-state index in [1.54, 1.807) is 25.1 Å². The Bertz CT molecular complexity index is 492. The zero-order chi connectivity index (χ0) is 13.1. The summed E-state index contributed by atoms with van der Waals surface area (Å²) in [5, 5.41) is 17.1. The van der Waals surface area contributed by atoms with Crippen molar-refractivity contribution >= 4 is 17.7 Å². The van der Waals surface area contributed by atoms with Crippen molar-refractivity contribution in [2.24, 2.45) is 11.8 Å². The molecular weight excluding hydrogens is 236 g/mol. The molecule has 0 bridgehead atoms. The van der Waals surface area contributed by atoms with Crippen molar-refractivity contribution in [3.05, 3.63) is 24.0 Å². The van der Waals surface area contributed by atoms with Crippen molar-refractivity contribution in [3.63, 3.8) is 0 Å². The van der Waals surface area contributed by atoms with Crippen LogP contribution >= 0.6 is 0 Å². The molecule has 0 saturated carbocycles. The Balaban J connectivity index is 2.07. The first-order valence-electron chi connectivity index (χ1n) is 5.68. The van der Waals surface area contributed by atoms with Crippen molar-refractivity contribution < 1.29 is 19.2 Å². The number of carboxylic acids is 1. The van der Waals surface area contributed by atoms with Gasteiger partial charge in [-0.1, -0.05) is 17.3 Å². The van der Waals surface area contributed by atoms with Gasteiger partial charge >= 0.3 is 0 Å². The quantitative estimate of drug-likeness (QED) is 0.775. The molecule has 0 spiro atoms. The predicted octanol–water partition coefficient (Wildman–Crippen LogP) is 0.254. The first-order valence-corrected chi connectivity index (χ1v) is 5.68. The molecule has 0 radical (unpaired) electrons. The van der Waals surface area contributed by atoms with Gasteiger partial charge < -0.3 is 19.7 Å². The summed E-state index contributed by atoms with van der Waals surface area (Å²) >= 11 is 0. The Labute approximate surface area is 104 Å². The number of anilines is 1. The van der Waals surface area contributed by atoms with Crippen LogP contribution in [0.15, 0.2) is 22.7 Å². The summed E-state index contributed by atoms with van der Waals surface area (Å²) in [6, 6.07) is 1.57. The van der Waals surface area contributed by atoms with Gasteiger partial charge in [0.2, 0.25) is 5.91 Å². The van der Waals surface area contributed by atoms with Gasteiger partial charge in [-0.2, -0.15) is 0 Å². The number of nitrogens with one attached hydrogen (secondary N) is 1. The number of hydrogen-bond donors (Lipinski definition) is 1. The normalized spacial score (nSPS) is 22.7. The summed E-state index contributed by atoms with van der Waals surface area (Å²) in [7, 11) is 0. The fraction of sp³-hybridized carbons (Fsp3) is 0.417. The number of aromatic nitrogens is 1. The largest absolute Gasteiger partial charge is 0.550 e. The lowest BCUT2D eigenvalue weighted by Crippen LogP contribution is -2.41. The number of allylic oxidation sites excluding steroid dienone is 2. The van der Waals surface area contributed by atoms with Gasteiger partial charge in [0.15, 0.2) is 5.82 Å². The number of nitrogens with zero attached hydrogens (tertiary/aromatic N) is 1. The van der Waals surface area contributed by atoms with E-state index < -0.39 is 17.8 Å². The number of aryl methyl sites for hydroxylation is 1. The van der Waals surface area contributed by atoms with Crippen LogP contribution in [0.4, 0.5) is 5.82 Å². The molecule has 18 heavy (non-hydrogen) atoms. The highest BCUT2D eigenvalue weighted by atomic mass is 16.5. The maximum absolute atomic E-state index is 12.0. The lowest BCUT2D eigenvalue weighted by Gasteiger charge is -2.27. The van der Waals surface area contributed by atoms with E-state index in [4.69, 9.17) is 4.52 Å². The summed E-state index contributed by atoms with van der Waals surface area (Å²) in [5.74, 6) is -2.12. The monoisotopic (exact) mass is 249 g/mol. The molecule has 1 aromatic heterocycles. The number of carbonyl (C=O) groups excluding carboxylic acids is 2. The molecule has 0 aliphatic heterocycles. The van der Waals surface area contributed by atoms with Crippen molar-refractivity contribution in [3.8, 4) is 0 Å². The van der Waals surface area contributed by atoms with E-state index >= 15 is 0 Å². The second-order valence-corrected chi connectivity index (χ2v) is 4.29. The number of carbonyl (C=O) groups is 2.